The summed E-state index contributed by atoms with van der Waals surface area (Å²) in [6, 6.07) is 1.55. The minimum Gasteiger partial charge on any atom is -0.369 e. The largest absolute Gasteiger partial charge is 0.369 e. The van der Waals surface area contributed by atoms with Crippen LogP contribution >= 0.6 is 0 Å². The van der Waals surface area contributed by atoms with Crippen LogP contribution in [0.3, 0.4) is 0 Å². The molecule has 0 aliphatic heterocycles. The summed E-state index contributed by atoms with van der Waals surface area (Å²) < 4.78 is 0. The number of aryl methyl sites for hydroxylation is 1. The molecule has 0 spiro atoms. The van der Waals surface area contributed by atoms with Crippen molar-refractivity contribution in [1.29, 1.82) is 0 Å². The summed E-state index contributed by atoms with van der Waals surface area (Å²) in [4.78, 5) is 18.4. The molecular formula is C15H25N3O. The number of anilines is 1. The zero-order valence-electron chi connectivity index (χ0n) is 12.3. The van der Waals surface area contributed by atoms with E-state index in [4.69, 9.17) is 0 Å². The van der Waals surface area contributed by atoms with E-state index in [1.807, 2.05) is 6.92 Å². The Morgan fingerprint density at radius 2 is 2.11 bits per heavy atom. The smallest absolute Gasteiger partial charge is 0.252 e. The van der Waals surface area contributed by atoms with Crippen LogP contribution in [-0.2, 0) is 0 Å². The molecule has 0 amide bonds. The fraction of sp³-hybridized carbons (Fsp3) is 0.733. The maximum atomic E-state index is 11.4. The molecule has 4 nitrogen and oxygen atoms in total. The lowest BCUT2D eigenvalue weighted by molar-refractivity contribution is 0.252. The summed E-state index contributed by atoms with van der Waals surface area (Å²) in [5.74, 6) is 2.09. The quantitative estimate of drug-likeness (QED) is 0.858. The van der Waals surface area contributed by atoms with Gasteiger partial charge in [-0.1, -0.05) is 26.7 Å². The van der Waals surface area contributed by atoms with E-state index in [0.717, 1.165) is 6.54 Å². The Kier molecular flexibility index (Phi) is 4.27. The summed E-state index contributed by atoms with van der Waals surface area (Å²) in [6.07, 6.45) is 6.50. The first-order chi connectivity index (χ1) is 8.99. The van der Waals surface area contributed by atoms with Crippen LogP contribution in [0.15, 0.2) is 10.9 Å². The van der Waals surface area contributed by atoms with E-state index in [0.29, 0.717) is 23.0 Å². The first-order valence-corrected chi connectivity index (χ1v) is 7.31. The molecule has 0 saturated heterocycles. The zero-order valence-corrected chi connectivity index (χ0v) is 12.3. The number of hydrogen-bond acceptors (Lipinski definition) is 3. The second-order valence-corrected chi connectivity index (χ2v) is 6.37. The number of nitrogens with zero attached hydrogens (tertiary/aromatic N) is 1. The lowest BCUT2D eigenvalue weighted by Crippen LogP contribution is -2.29. The normalized spacial score (nSPS) is 17.9. The minimum absolute atomic E-state index is 0.0840. The Bertz CT molecular complexity index is 473. The van der Waals surface area contributed by atoms with Crippen molar-refractivity contribution >= 4 is 5.82 Å². The van der Waals surface area contributed by atoms with Gasteiger partial charge in [0.25, 0.3) is 5.56 Å². The highest BCUT2D eigenvalue weighted by Gasteiger charge is 2.34. The highest BCUT2D eigenvalue weighted by Crippen LogP contribution is 2.43. The molecule has 2 N–H and O–H groups in total. The van der Waals surface area contributed by atoms with Gasteiger partial charge < -0.3 is 10.3 Å². The van der Waals surface area contributed by atoms with Crippen molar-refractivity contribution in [3.8, 4) is 0 Å². The van der Waals surface area contributed by atoms with Crippen LogP contribution in [0.5, 0.6) is 0 Å². The van der Waals surface area contributed by atoms with Crippen LogP contribution in [0.4, 0.5) is 5.82 Å². The molecule has 0 radical (unpaired) electrons. The SMILES string of the molecule is Cc1nc(NCC2(CC(C)C)CCCC2)cc(=O)[nH]1. The molecule has 1 aromatic rings. The predicted molar refractivity (Wildman–Crippen MR) is 78.4 cm³/mol. The van der Waals surface area contributed by atoms with Gasteiger partial charge in [0, 0.05) is 12.6 Å². The summed E-state index contributed by atoms with van der Waals surface area (Å²) in [7, 11) is 0. The molecule has 19 heavy (non-hydrogen) atoms. The number of H-pyrrole nitrogens is 1. The van der Waals surface area contributed by atoms with Crippen molar-refractivity contribution in [2.45, 2.75) is 52.9 Å². The van der Waals surface area contributed by atoms with Crippen molar-refractivity contribution in [3.63, 3.8) is 0 Å². The Balaban J connectivity index is 2.04. The van der Waals surface area contributed by atoms with E-state index in [1.165, 1.54) is 32.1 Å². The summed E-state index contributed by atoms with van der Waals surface area (Å²) in [5.41, 5.74) is 0.311. The fourth-order valence-corrected chi connectivity index (χ4v) is 3.39. The molecule has 1 aromatic heterocycles. The third-order valence-electron chi connectivity index (χ3n) is 4.01. The fourth-order valence-electron chi connectivity index (χ4n) is 3.39. The molecule has 0 aromatic carbocycles. The van der Waals surface area contributed by atoms with Gasteiger partial charge in [0.15, 0.2) is 0 Å². The molecule has 4 heteroatoms. The lowest BCUT2D eigenvalue weighted by atomic mass is 9.78. The van der Waals surface area contributed by atoms with Gasteiger partial charge in [0.05, 0.1) is 0 Å². The molecule has 1 saturated carbocycles. The maximum Gasteiger partial charge on any atom is 0.252 e. The van der Waals surface area contributed by atoms with Gasteiger partial charge in [0.2, 0.25) is 0 Å². The van der Waals surface area contributed by atoms with Gasteiger partial charge in [-0.05, 0) is 37.5 Å². The summed E-state index contributed by atoms with van der Waals surface area (Å²) in [5, 5.41) is 3.38. The molecule has 0 unspecified atom stereocenters. The molecular weight excluding hydrogens is 238 g/mol. The highest BCUT2D eigenvalue weighted by atomic mass is 16.1. The molecule has 106 valence electrons. The molecule has 1 aliphatic carbocycles. The van der Waals surface area contributed by atoms with Gasteiger partial charge in [-0.15, -0.1) is 0 Å². The number of aromatic amines is 1. The Labute approximate surface area is 115 Å². The molecule has 1 heterocycles. The Morgan fingerprint density at radius 3 is 2.68 bits per heavy atom. The first kappa shape index (κ1) is 14.1. The minimum atomic E-state index is -0.0840. The molecule has 0 bridgehead atoms. The second kappa shape index (κ2) is 5.76. The first-order valence-electron chi connectivity index (χ1n) is 7.31. The van der Waals surface area contributed by atoms with Gasteiger partial charge in [0.1, 0.15) is 11.6 Å². The van der Waals surface area contributed by atoms with Crippen LogP contribution < -0.4 is 10.9 Å². The Morgan fingerprint density at radius 1 is 1.42 bits per heavy atom. The van der Waals surface area contributed by atoms with E-state index in [2.05, 4.69) is 29.1 Å². The maximum absolute atomic E-state index is 11.4. The van der Waals surface area contributed by atoms with E-state index >= 15 is 0 Å². The molecule has 2 rings (SSSR count). The van der Waals surface area contributed by atoms with Gasteiger partial charge in [-0.2, -0.15) is 0 Å². The van der Waals surface area contributed by atoms with Crippen LogP contribution in [-0.4, -0.2) is 16.5 Å². The summed E-state index contributed by atoms with van der Waals surface area (Å²) in [6.45, 7) is 7.32. The second-order valence-electron chi connectivity index (χ2n) is 6.37. The lowest BCUT2D eigenvalue weighted by Gasteiger charge is -2.31. The van der Waals surface area contributed by atoms with Crippen molar-refractivity contribution in [3.05, 3.63) is 22.2 Å². The van der Waals surface area contributed by atoms with Gasteiger partial charge >= 0.3 is 0 Å². The highest BCUT2D eigenvalue weighted by molar-refractivity contribution is 5.33. The monoisotopic (exact) mass is 263 g/mol. The van der Waals surface area contributed by atoms with Crippen LogP contribution in [0.1, 0.15) is 51.8 Å². The average molecular weight is 263 g/mol. The van der Waals surface area contributed by atoms with Crippen molar-refractivity contribution < 1.29 is 0 Å². The molecule has 1 aliphatic rings. The number of aromatic nitrogens is 2. The molecule has 0 atom stereocenters. The zero-order chi connectivity index (χ0) is 13.9. The van der Waals surface area contributed by atoms with E-state index < -0.39 is 0 Å². The number of rotatable bonds is 5. The number of nitrogens with one attached hydrogen (secondary N) is 2. The van der Waals surface area contributed by atoms with Crippen LogP contribution in [0, 0.1) is 18.3 Å². The molecule has 1 fully saturated rings. The van der Waals surface area contributed by atoms with Gasteiger partial charge in [-0.3, -0.25) is 4.79 Å². The van der Waals surface area contributed by atoms with Crippen LogP contribution in [0.25, 0.3) is 0 Å². The van der Waals surface area contributed by atoms with Gasteiger partial charge in [-0.25, -0.2) is 4.98 Å². The number of hydrogen-bond donors (Lipinski definition) is 2. The topological polar surface area (TPSA) is 57.8 Å². The average Bonchev–Trinajstić information content (AvgIpc) is 2.73. The van der Waals surface area contributed by atoms with E-state index in [9.17, 15) is 4.79 Å². The van der Waals surface area contributed by atoms with Crippen LogP contribution in [0.2, 0.25) is 0 Å². The Hall–Kier alpha value is -1.32. The van der Waals surface area contributed by atoms with E-state index in [-0.39, 0.29) is 5.56 Å². The third-order valence-corrected chi connectivity index (χ3v) is 4.01. The third kappa shape index (κ3) is 3.82. The van der Waals surface area contributed by atoms with Crippen molar-refractivity contribution in [2.24, 2.45) is 11.3 Å². The van der Waals surface area contributed by atoms with Crippen molar-refractivity contribution in [2.75, 3.05) is 11.9 Å². The standard InChI is InChI=1S/C15H25N3O/c1-11(2)9-15(6-4-5-7-15)10-16-13-8-14(19)18-12(3)17-13/h8,11H,4-7,9-10H2,1-3H3,(H2,16,17,18,19). The van der Waals surface area contributed by atoms with Crippen molar-refractivity contribution in [1.82, 2.24) is 9.97 Å². The van der Waals surface area contributed by atoms with E-state index in [1.54, 1.807) is 6.07 Å². The summed E-state index contributed by atoms with van der Waals surface area (Å²) >= 11 is 0. The predicted octanol–water partition coefficient (Wildman–Crippen LogP) is 3.10.